The van der Waals surface area contributed by atoms with Crippen molar-refractivity contribution < 1.29 is 9.32 Å². The summed E-state index contributed by atoms with van der Waals surface area (Å²) < 4.78 is 18.5. The number of aliphatic hydroxyl groups is 1. The molecular weight excluding hydrogens is 236 g/mol. The number of nitrogens with two attached hydrogens (primary N) is 1. The maximum atomic E-state index is 11.3. The van der Waals surface area contributed by atoms with Gasteiger partial charge >= 0.3 is 0 Å². The van der Waals surface area contributed by atoms with E-state index in [9.17, 15) is 9.32 Å². The van der Waals surface area contributed by atoms with Gasteiger partial charge in [-0.25, -0.2) is 14.1 Å². The van der Waals surface area contributed by atoms with E-state index in [4.69, 9.17) is 21.5 Å². The van der Waals surface area contributed by atoms with Crippen molar-refractivity contribution in [1.82, 2.24) is 0 Å². The van der Waals surface area contributed by atoms with Gasteiger partial charge in [0.1, 0.15) is 9.92 Å². The minimum Gasteiger partial charge on any atom is -0.386 e. The molecule has 1 unspecified atom stereocenters. The van der Waals surface area contributed by atoms with Crippen LogP contribution in [0.15, 0.2) is 23.1 Å². The van der Waals surface area contributed by atoms with Crippen LogP contribution in [-0.4, -0.2) is 9.32 Å². The first-order valence-corrected chi connectivity index (χ1v) is 6.21. The lowest BCUT2D eigenvalue weighted by Crippen LogP contribution is -2.17. The van der Waals surface area contributed by atoms with Gasteiger partial charge in [-0.2, -0.15) is 0 Å². The number of nitrogens with one attached hydrogen (secondary N) is 1. The third-order valence-corrected chi connectivity index (χ3v) is 3.40. The average Bonchev–Trinajstić information content (AvgIpc) is 1.99. The number of benzene rings is 1. The highest BCUT2D eigenvalue weighted by Crippen LogP contribution is 2.27. The SMILES string of the molecule is CC(C)(O)c1ccc(S(=N)(N)=O)c(Cl)c1. The fourth-order valence-corrected chi connectivity index (χ4v) is 2.27. The molecule has 1 aromatic carbocycles. The van der Waals surface area contributed by atoms with Gasteiger partial charge in [-0.3, -0.25) is 0 Å². The van der Waals surface area contributed by atoms with E-state index in [0.29, 0.717) is 5.56 Å². The van der Waals surface area contributed by atoms with E-state index in [2.05, 4.69) is 0 Å². The number of hydrogen-bond donors (Lipinski definition) is 3. The summed E-state index contributed by atoms with van der Waals surface area (Å²) in [5.41, 5.74) is -0.445. The summed E-state index contributed by atoms with van der Waals surface area (Å²) >= 11 is 5.83. The summed E-state index contributed by atoms with van der Waals surface area (Å²) in [4.78, 5) is 0.0807. The summed E-state index contributed by atoms with van der Waals surface area (Å²) in [6, 6.07) is 4.44. The summed E-state index contributed by atoms with van der Waals surface area (Å²) in [7, 11) is -3.31. The lowest BCUT2D eigenvalue weighted by atomic mass is 9.99. The van der Waals surface area contributed by atoms with Crippen molar-refractivity contribution in [1.29, 1.82) is 4.78 Å². The molecule has 0 saturated heterocycles. The number of halogens is 1. The Labute approximate surface area is 94.2 Å². The summed E-state index contributed by atoms with van der Waals surface area (Å²) in [5.74, 6) is 0. The minimum atomic E-state index is -3.31. The Kier molecular flexibility index (Phi) is 3.11. The second-order valence-corrected chi connectivity index (χ2v) is 5.85. The van der Waals surface area contributed by atoms with Gasteiger partial charge in [0, 0.05) is 0 Å². The predicted octanol–water partition coefficient (Wildman–Crippen LogP) is 1.85. The molecule has 0 aliphatic heterocycles. The van der Waals surface area contributed by atoms with Crippen LogP contribution in [0.1, 0.15) is 19.4 Å². The molecule has 0 bridgehead atoms. The standard InChI is InChI=1S/C9H13ClN2O2S/c1-9(2,13)6-3-4-8(7(10)5-6)15(11,12)14/h3-5,13H,1-2H3,(H3,11,12,14). The van der Waals surface area contributed by atoms with E-state index in [1.165, 1.54) is 12.1 Å². The maximum absolute atomic E-state index is 11.3. The van der Waals surface area contributed by atoms with E-state index in [-0.39, 0.29) is 9.92 Å². The molecule has 4 N–H and O–H groups in total. The van der Waals surface area contributed by atoms with Crippen molar-refractivity contribution in [2.45, 2.75) is 24.3 Å². The van der Waals surface area contributed by atoms with Crippen LogP contribution in [0.25, 0.3) is 0 Å². The van der Waals surface area contributed by atoms with Crippen LogP contribution >= 0.6 is 11.6 Å². The van der Waals surface area contributed by atoms with Crippen LogP contribution in [-0.2, 0) is 15.5 Å². The Morgan fingerprint density at radius 1 is 1.53 bits per heavy atom. The first kappa shape index (κ1) is 12.4. The second kappa shape index (κ2) is 3.75. The Hall–Kier alpha value is -0.620. The zero-order valence-corrected chi connectivity index (χ0v) is 10.0. The van der Waals surface area contributed by atoms with E-state index in [1.807, 2.05) is 0 Å². The van der Waals surface area contributed by atoms with Crippen molar-refractivity contribution in [3.8, 4) is 0 Å². The van der Waals surface area contributed by atoms with Gasteiger partial charge in [-0.05, 0) is 31.5 Å². The topological polar surface area (TPSA) is 87.2 Å². The molecular formula is C9H13ClN2O2S. The van der Waals surface area contributed by atoms with Crippen molar-refractivity contribution in [3.05, 3.63) is 28.8 Å². The van der Waals surface area contributed by atoms with Crippen molar-refractivity contribution in [3.63, 3.8) is 0 Å². The average molecular weight is 249 g/mol. The van der Waals surface area contributed by atoms with Crippen LogP contribution in [0, 0.1) is 4.78 Å². The Balaban J connectivity index is 3.34. The smallest absolute Gasteiger partial charge is 0.133 e. The number of rotatable bonds is 2. The molecule has 1 rings (SSSR count). The largest absolute Gasteiger partial charge is 0.386 e. The third kappa shape index (κ3) is 2.92. The van der Waals surface area contributed by atoms with E-state index < -0.39 is 15.5 Å². The maximum Gasteiger partial charge on any atom is 0.133 e. The van der Waals surface area contributed by atoms with Crippen LogP contribution in [0.2, 0.25) is 5.02 Å². The van der Waals surface area contributed by atoms with Gasteiger partial charge in [-0.1, -0.05) is 17.7 Å². The van der Waals surface area contributed by atoms with Gasteiger partial charge in [0.2, 0.25) is 0 Å². The van der Waals surface area contributed by atoms with Gasteiger partial charge < -0.3 is 5.11 Å². The Morgan fingerprint density at radius 3 is 2.40 bits per heavy atom. The number of hydrogen-bond acceptors (Lipinski definition) is 3. The molecule has 1 atom stereocenters. The van der Waals surface area contributed by atoms with E-state index in [1.54, 1.807) is 19.9 Å². The van der Waals surface area contributed by atoms with Gasteiger partial charge in [0.05, 0.1) is 15.5 Å². The molecule has 0 amide bonds. The van der Waals surface area contributed by atoms with Crippen molar-refractivity contribution in [2.75, 3.05) is 0 Å². The second-order valence-electron chi connectivity index (χ2n) is 3.80. The predicted molar refractivity (Wildman–Crippen MR) is 60.0 cm³/mol. The molecule has 84 valence electrons. The fraction of sp³-hybridized carbons (Fsp3) is 0.333. The molecule has 0 aromatic heterocycles. The lowest BCUT2D eigenvalue weighted by molar-refractivity contribution is 0.0785. The fourth-order valence-electron chi connectivity index (χ4n) is 1.13. The summed E-state index contributed by atoms with van der Waals surface area (Å²) in [5, 5.41) is 15.0. The van der Waals surface area contributed by atoms with Crippen LogP contribution < -0.4 is 5.14 Å². The quantitative estimate of drug-likeness (QED) is 0.746. The molecule has 0 fully saturated rings. The molecule has 0 spiro atoms. The van der Waals surface area contributed by atoms with Gasteiger partial charge in [0.25, 0.3) is 0 Å². The molecule has 0 radical (unpaired) electrons. The molecule has 15 heavy (non-hydrogen) atoms. The van der Waals surface area contributed by atoms with E-state index >= 15 is 0 Å². The summed E-state index contributed by atoms with van der Waals surface area (Å²) in [6.45, 7) is 3.22. The van der Waals surface area contributed by atoms with E-state index in [0.717, 1.165) is 0 Å². The highest BCUT2D eigenvalue weighted by Gasteiger charge is 2.18. The van der Waals surface area contributed by atoms with Gasteiger partial charge in [0.15, 0.2) is 0 Å². The van der Waals surface area contributed by atoms with Crippen molar-refractivity contribution in [2.24, 2.45) is 5.14 Å². The zero-order valence-electron chi connectivity index (χ0n) is 8.45. The molecule has 1 aromatic rings. The monoisotopic (exact) mass is 248 g/mol. The Bertz CT molecular complexity index is 477. The summed E-state index contributed by atoms with van der Waals surface area (Å²) in [6.07, 6.45) is 0. The van der Waals surface area contributed by atoms with Crippen LogP contribution in [0.5, 0.6) is 0 Å². The lowest BCUT2D eigenvalue weighted by Gasteiger charge is -2.18. The Morgan fingerprint density at radius 2 is 2.07 bits per heavy atom. The van der Waals surface area contributed by atoms with Gasteiger partial charge in [-0.15, -0.1) is 0 Å². The zero-order chi connectivity index (χ0) is 11.9. The molecule has 6 heteroatoms. The normalized spacial score (nSPS) is 16.1. The highest BCUT2D eigenvalue weighted by atomic mass is 35.5. The third-order valence-electron chi connectivity index (χ3n) is 1.97. The molecule has 0 aliphatic carbocycles. The van der Waals surface area contributed by atoms with Crippen LogP contribution in [0.3, 0.4) is 0 Å². The molecule has 0 heterocycles. The molecule has 0 aliphatic rings. The highest BCUT2D eigenvalue weighted by molar-refractivity contribution is 7.90. The first-order chi connectivity index (χ1) is 6.62. The first-order valence-electron chi connectivity index (χ1n) is 4.21. The van der Waals surface area contributed by atoms with Crippen LogP contribution in [0.4, 0.5) is 0 Å². The van der Waals surface area contributed by atoms with Crippen molar-refractivity contribution >= 4 is 21.5 Å². The minimum absolute atomic E-state index is 0.0807. The molecule has 0 saturated carbocycles. The molecule has 4 nitrogen and oxygen atoms in total.